The number of rotatable bonds is 8. The van der Waals surface area contributed by atoms with Gasteiger partial charge in [0.25, 0.3) is 5.91 Å². The Kier molecular flexibility index (Phi) is 7.33. The summed E-state index contributed by atoms with van der Waals surface area (Å²) in [6.45, 7) is 1.62. The fraction of sp³-hybridized carbons (Fsp3) is 0.250. The lowest BCUT2D eigenvalue weighted by atomic mass is 10.00. The monoisotopic (exact) mass is 492 g/mol. The van der Waals surface area contributed by atoms with Crippen LogP contribution in [0.25, 0.3) is 11.0 Å². The molecule has 0 fully saturated rings. The molecule has 36 heavy (non-hydrogen) atoms. The number of nitrogens with one attached hydrogen (secondary N) is 3. The number of halogens is 1. The number of imidazole rings is 1. The molecule has 0 spiro atoms. The first-order chi connectivity index (χ1) is 17.4. The van der Waals surface area contributed by atoms with Crippen molar-refractivity contribution < 1.29 is 18.7 Å². The minimum atomic E-state index is -0.402. The van der Waals surface area contributed by atoms with Crippen LogP contribution in [0.3, 0.4) is 0 Å². The van der Waals surface area contributed by atoms with Crippen LogP contribution in [-0.2, 0) is 16.1 Å². The Hall–Kier alpha value is -4.61. The van der Waals surface area contributed by atoms with Crippen LogP contribution in [0.1, 0.15) is 19.0 Å². The Labute approximate surface area is 206 Å². The Morgan fingerprint density at radius 3 is 2.81 bits per heavy atom. The third-order valence-electron chi connectivity index (χ3n) is 5.41. The number of pyridine rings is 1. The fourth-order valence-electron chi connectivity index (χ4n) is 3.58. The molecule has 2 aromatic heterocycles. The zero-order valence-corrected chi connectivity index (χ0v) is 19.7. The average Bonchev–Trinajstić information content (AvgIpc) is 3.24. The summed E-state index contributed by atoms with van der Waals surface area (Å²) in [5.74, 6) is 0.00806. The van der Waals surface area contributed by atoms with Crippen LogP contribution in [-0.4, -0.2) is 45.1 Å². The number of carbonyl (C=O) groups is 1. The van der Waals surface area contributed by atoms with Crippen molar-refractivity contribution in [3.8, 4) is 6.01 Å². The van der Waals surface area contributed by atoms with Gasteiger partial charge in [0.1, 0.15) is 24.0 Å². The zero-order valence-electron chi connectivity index (χ0n) is 19.7. The number of allylic oxidation sites excluding steroid dienone is 4. The predicted octanol–water partition coefficient (Wildman–Crippen LogP) is 4.40. The van der Waals surface area contributed by atoms with Crippen molar-refractivity contribution in [2.75, 3.05) is 19.0 Å². The van der Waals surface area contributed by atoms with E-state index >= 15 is 0 Å². The number of ether oxygens (including phenoxy) is 2. The average molecular weight is 493 g/mol. The Bertz CT molecular complexity index is 1370. The van der Waals surface area contributed by atoms with E-state index in [1.807, 2.05) is 19.1 Å². The first-order valence-electron chi connectivity index (χ1n) is 11.1. The highest BCUT2D eigenvalue weighted by molar-refractivity contribution is 5.92. The minimum Gasteiger partial charge on any atom is -0.488 e. The topological polar surface area (TPSA) is 142 Å². The van der Waals surface area contributed by atoms with E-state index in [9.17, 15) is 9.18 Å². The summed E-state index contributed by atoms with van der Waals surface area (Å²) in [5, 5.41) is 15.4. The molecule has 2 heterocycles. The summed E-state index contributed by atoms with van der Waals surface area (Å²) in [6, 6.07) is 12.4. The van der Waals surface area contributed by atoms with Crippen LogP contribution in [0, 0.1) is 16.9 Å². The molecule has 1 aliphatic carbocycles. The van der Waals surface area contributed by atoms with Crippen LogP contribution in [0.2, 0.25) is 0 Å². The van der Waals surface area contributed by atoms with Crippen molar-refractivity contribution in [3.05, 3.63) is 71.9 Å². The van der Waals surface area contributed by atoms with Gasteiger partial charge in [-0.1, -0.05) is 30.3 Å². The summed E-state index contributed by atoms with van der Waals surface area (Å²) >= 11 is 0. The van der Waals surface area contributed by atoms with Gasteiger partial charge in [0.05, 0.1) is 16.7 Å². The Morgan fingerprint density at radius 1 is 1.22 bits per heavy atom. The molecular weight excluding hydrogens is 467 g/mol. The van der Waals surface area contributed by atoms with Gasteiger partial charge in [-0.25, -0.2) is 19.0 Å². The molecule has 1 aliphatic rings. The standard InChI is InChI=1S/C24H25FN8O3/c1-15-12-16(25)10-11-20(15)35-14-22(34)30-21-9-5-6-17(28-21)13-36-24-29-18-7-3-4-8-19(18)33(24)23(26)32(2)31-27/h3-11,15,26-27H,12-14H2,1-2H3,(H,28,30,34). The molecule has 186 valence electrons. The maximum Gasteiger partial charge on any atom is 0.304 e. The van der Waals surface area contributed by atoms with Gasteiger partial charge in [-0.2, -0.15) is 10.5 Å². The first-order valence-corrected chi connectivity index (χ1v) is 11.1. The lowest BCUT2D eigenvalue weighted by Crippen LogP contribution is -2.27. The van der Waals surface area contributed by atoms with E-state index in [0.717, 1.165) is 5.01 Å². The molecular formula is C24H25FN8O3. The van der Waals surface area contributed by atoms with Gasteiger partial charge in [0.2, 0.25) is 5.96 Å². The van der Waals surface area contributed by atoms with Crippen molar-refractivity contribution in [1.82, 2.24) is 19.5 Å². The van der Waals surface area contributed by atoms with E-state index in [1.54, 1.807) is 30.3 Å². The van der Waals surface area contributed by atoms with Crippen molar-refractivity contribution in [2.24, 2.45) is 11.1 Å². The van der Waals surface area contributed by atoms with Crippen LogP contribution in [0.4, 0.5) is 10.2 Å². The van der Waals surface area contributed by atoms with Crippen molar-refractivity contribution in [3.63, 3.8) is 0 Å². The smallest absolute Gasteiger partial charge is 0.304 e. The molecule has 0 saturated heterocycles. The number of benzene rings is 1. The SMILES string of the molecule is CC1CC(F)=CC=C1OCC(=O)Nc1cccc(COc2nc3ccccc3n2C(=N)N(C)N=N)n1. The third-order valence-corrected chi connectivity index (χ3v) is 5.41. The van der Waals surface area contributed by atoms with Crippen LogP contribution in [0.15, 0.2) is 71.4 Å². The summed E-state index contributed by atoms with van der Waals surface area (Å²) in [5.41, 5.74) is 8.96. The fourth-order valence-corrected chi connectivity index (χ4v) is 3.58. The summed E-state index contributed by atoms with van der Waals surface area (Å²) in [4.78, 5) is 21.2. The predicted molar refractivity (Wildman–Crippen MR) is 130 cm³/mol. The number of carbonyl (C=O) groups excluding carboxylic acids is 1. The maximum absolute atomic E-state index is 13.3. The molecule has 3 aromatic rings. The highest BCUT2D eigenvalue weighted by Gasteiger charge is 2.19. The second kappa shape index (κ2) is 10.8. The second-order valence-electron chi connectivity index (χ2n) is 8.09. The van der Waals surface area contributed by atoms with E-state index in [2.05, 4.69) is 20.5 Å². The van der Waals surface area contributed by atoms with Gasteiger partial charge in [-0.15, -0.1) is 0 Å². The summed E-state index contributed by atoms with van der Waals surface area (Å²) in [7, 11) is 1.48. The van der Waals surface area contributed by atoms with Crippen LogP contribution in [0.5, 0.6) is 6.01 Å². The second-order valence-corrected chi connectivity index (χ2v) is 8.09. The zero-order chi connectivity index (χ0) is 25.7. The van der Waals surface area contributed by atoms with Gasteiger partial charge in [0, 0.05) is 19.4 Å². The highest BCUT2D eigenvalue weighted by atomic mass is 19.1. The number of fused-ring (bicyclic) bond motifs is 1. The number of aromatic nitrogens is 3. The molecule has 1 atom stereocenters. The molecule has 3 N–H and O–H groups in total. The normalized spacial score (nSPS) is 15.0. The molecule has 0 aliphatic heterocycles. The molecule has 12 heteroatoms. The van der Waals surface area contributed by atoms with E-state index in [4.69, 9.17) is 20.4 Å². The van der Waals surface area contributed by atoms with E-state index in [-0.39, 0.29) is 43.3 Å². The van der Waals surface area contributed by atoms with Gasteiger partial charge in [-0.05, 0) is 36.4 Å². The van der Waals surface area contributed by atoms with Gasteiger partial charge < -0.3 is 14.8 Å². The molecule has 11 nitrogen and oxygen atoms in total. The van der Waals surface area contributed by atoms with Gasteiger partial charge in [0.15, 0.2) is 6.61 Å². The Morgan fingerprint density at radius 2 is 2.03 bits per heavy atom. The molecule has 4 rings (SSSR count). The molecule has 0 radical (unpaired) electrons. The maximum atomic E-state index is 13.3. The third kappa shape index (κ3) is 5.54. The van der Waals surface area contributed by atoms with E-state index in [1.165, 1.54) is 23.8 Å². The van der Waals surface area contributed by atoms with Crippen molar-refractivity contribution in [1.29, 1.82) is 10.9 Å². The van der Waals surface area contributed by atoms with Crippen LogP contribution >= 0.6 is 0 Å². The molecule has 1 amide bonds. The number of anilines is 1. The van der Waals surface area contributed by atoms with E-state index in [0.29, 0.717) is 28.3 Å². The number of para-hydroxylation sites is 2. The van der Waals surface area contributed by atoms with Crippen molar-refractivity contribution in [2.45, 2.75) is 20.0 Å². The molecule has 0 saturated carbocycles. The van der Waals surface area contributed by atoms with E-state index < -0.39 is 5.91 Å². The van der Waals surface area contributed by atoms with Crippen molar-refractivity contribution >= 4 is 28.7 Å². The largest absolute Gasteiger partial charge is 0.488 e. The molecule has 1 aromatic carbocycles. The summed E-state index contributed by atoms with van der Waals surface area (Å²) < 4.78 is 26.2. The lowest BCUT2D eigenvalue weighted by molar-refractivity contribution is -0.119. The van der Waals surface area contributed by atoms with Crippen LogP contribution < -0.4 is 10.1 Å². The highest BCUT2D eigenvalue weighted by Crippen LogP contribution is 2.26. The number of nitrogens with zero attached hydrogens (tertiary/aromatic N) is 5. The van der Waals surface area contributed by atoms with Gasteiger partial charge >= 0.3 is 6.01 Å². The molecule has 0 bridgehead atoms. The number of hydrogen-bond donors (Lipinski definition) is 3. The number of amides is 1. The minimum absolute atomic E-state index is 0.0147. The lowest BCUT2D eigenvalue weighted by Gasteiger charge is -2.18. The number of hydrogen-bond acceptors (Lipinski definition) is 8. The van der Waals surface area contributed by atoms with Gasteiger partial charge in [-0.3, -0.25) is 10.2 Å². The Balaban J connectivity index is 1.42. The first kappa shape index (κ1) is 24.5. The summed E-state index contributed by atoms with van der Waals surface area (Å²) in [6.07, 6.45) is 3.13. The molecule has 1 unspecified atom stereocenters. The quantitative estimate of drug-likeness (QED) is 0.184.